The van der Waals surface area contributed by atoms with Gasteiger partial charge in [-0.25, -0.2) is 17.5 Å². The summed E-state index contributed by atoms with van der Waals surface area (Å²) in [6.45, 7) is 3.72. The molecule has 0 unspecified atom stereocenters. The largest absolute Gasteiger partial charge is 0.241 e. The molecular weight excluding hydrogens is 321 g/mol. The summed E-state index contributed by atoms with van der Waals surface area (Å²) in [5, 5.41) is 0. The zero-order valence-electron chi connectivity index (χ0n) is 10.2. The maximum atomic E-state index is 13.4. The molecule has 2 rings (SSSR count). The van der Waals surface area contributed by atoms with Gasteiger partial charge in [-0.15, -0.1) is 0 Å². The minimum Gasteiger partial charge on any atom is -0.207 e. The Kier molecular flexibility index (Phi) is 3.55. The highest BCUT2D eigenvalue weighted by Crippen LogP contribution is 2.40. The molecule has 0 heterocycles. The molecule has 0 saturated heterocycles. The van der Waals surface area contributed by atoms with E-state index in [0.717, 1.165) is 18.9 Å². The van der Waals surface area contributed by atoms with Crippen LogP contribution in [0, 0.1) is 11.7 Å². The van der Waals surface area contributed by atoms with Gasteiger partial charge in [0.15, 0.2) is 0 Å². The van der Waals surface area contributed by atoms with Crippen LogP contribution >= 0.6 is 15.9 Å². The molecule has 1 aliphatic carbocycles. The van der Waals surface area contributed by atoms with E-state index in [1.165, 1.54) is 12.1 Å². The quantitative estimate of drug-likeness (QED) is 0.919. The third-order valence-corrected chi connectivity index (χ3v) is 5.51. The van der Waals surface area contributed by atoms with Gasteiger partial charge in [-0.2, -0.15) is 0 Å². The van der Waals surface area contributed by atoms with E-state index in [0.29, 0.717) is 5.92 Å². The second-order valence-electron chi connectivity index (χ2n) is 5.18. The van der Waals surface area contributed by atoms with Crippen molar-refractivity contribution in [1.29, 1.82) is 0 Å². The first-order valence-electron chi connectivity index (χ1n) is 5.71. The fourth-order valence-corrected chi connectivity index (χ4v) is 3.67. The summed E-state index contributed by atoms with van der Waals surface area (Å²) in [7, 11) is -3.67. The second kappa shape index (κ2) is 4.58. The van der Waals surface area contributed by atoms with E-state index in [1.807, 2.05) is 13.8 Å². The van der Waals surface area contributed by atoms with Gasteiger partial charge in [-0.3, -0.25) is 0 Å². The van der Waals surface area contributed by atoms with Gasteiger partial charge in [0.1, 0.15) is 5.82 Å². The Labute approximate surface area is 115 Å². The first-order chi connectivity index (χ1) is 8.22. The molecule has 1 aromatic carbocycles. The average Bonchev–Trinajstić information content (AvgIpc) is 3.03. The van der Waals surface area contributed by atoms with Crippen molar-refractivity contribution in [2.24, 2.45) is 5.92 Å². The summed E-state index contributed by atoms with van der Waals surface area (Å²) in [6, 6.07) is 3.81. The molecule has 0 atom stereocenters. The molecule has 0 amide bonds. The Bertz CT molecular complexity index is 567. The van der Waals surface area contributed by atoms with Crippen molar-refractivity contribution in [3.8, 4) is 0 Å². The lowest BCUT2D eigenvalue weighted by Gasteiger charge is -2.25. The van der Waals surface area contributed by atoms with Crippen LogP contribution in [-0.2, 0) is 10.0 Å². The molecule has 1 N–H and O–H groups in total. The zero-order valence-corrected chi connectivity index (χ0v) is 12.6. The molecule has 6 heteroatoms. The lowest BCUT2D eigenvalue weighted by Crippen LogP contribution is -2.45. The topological polar surface area (TPSA) is 46.2 Å². The predicted octanol–water partition coefficient (Wildman–Crippen LogP) is 3.06. The molecule has 0 spiro atoms. The van der Waals surface area contributed by atoms with Gasteiger partial charge in [-0.05, 0) is 66.7 Å². The number of sulfonamides is 1. The summed E-state index contributed by atoms with van der Waals surface area (Å²) in [5.74, 6) is -0.213. The minimum atomic E-state index is -3.67. The standard InChI is InChI=1S/C12H15BrFNO2S/c1-12(2,8-3-4-8)15-18(16,17)9-5-6-10(13)11(14)7-9/h5-8,15H,3-4H2,1-2H3. The monoisotopic (exact) mass is 335 g/mol. The number of benzene rings is 1. The van der Waals surface area contributed by atoms with Gasteiger partial charge in [0, 0.05) is 5.54 Å². The van der Waals surface area contributed by atoms with E-state index in [1.54, 1.807) is 0 Å². The van der Waals surface area contributed by atoms with Crippen molar-refractivity contribution in [2.45, 2.75) is 37.1 Å². The van der Waals surface area contributed by atoms with Crippen molar-refractivity contribution in [3.63, 3.8) is 0 Å². The molecule has 1 aromatic rings. The molecule has 1 saturated carbocycles. The highest BCUT2D eigenvalue weighted by molar-refractivity contribution is 9.10. The highest BCUT2D eigenvalue weighted by Gasteiger charge is 2.40. The third-order valence-electron chi connectivity index (χ3n) is 3.20. The molecule has 100 valence electrons. The van der Waals surface area contributed by atoms with Crippen molar-refractivity contribution >= 4 is 26.0 Å². The molecule has 0 bridgehead atoms. The normalized spacial score (nSPS) is 16.9. The van der Waals surface area contributed by atoms with Gasteiger partial charge in [0.05, 0.1) is 9.37 Å². The number of nitrogens with one attached hydrogen (secondary N) is 1. The SMILES string of the molecule is CC(C)(NS(=O)(=O)c1ccc(Br)c(F)c1)C1CC1. The number of rotatable bonds is 4. The summed E-state index contributed by atoms with van der Waals surface area (Å²) < 4.78 is 40.6. The number of hydrogen-bond donors (Lipinski definition) is 1. The molecule has 1 aliphatic rings. The molecule has 3 nitrogen and oxygen atoms in total. The van der Waals surface area contributed by atoms with Crippen molar-refractivity contribution in [1.82, 2.24) is 4.72 Å². The summed E-state index contributed by atoms with van der Waals surface area (Å²) in [6.07, 6.45) is 2.06. The van der Waals surface area contributed by atoms with E-state index in [4.69, 9.17) is 0 Å². The van der Waals surface area contributed by atoms with Crippen molar-refractivity contribution < 1.29 is 12.8 Å². The van der Waals surface area contributed by atoms with E-state index < -0.39 is 21.4 Å². The van der Waals surface area contributed by atoms with Crippen LogP contribution in [0.1, 0.15) is 26.7 Å². The van der Waals surface area contributed by atoms with Crippen LogP contribution < -0.4 is 4.72 Å². The van der Waals surface area contributed by atoms with Gasteiger partial charge in [-0.1, -0.05) is 0 Å². The lowest BCUT2D eigenvalue weighted by molar-refractivity contribution is 0.400. The first-order valence-corrected chi connectivity index (χ1v) is 7.99. The van der Waals surface area contributed by atoms with E-state index in [-0.39, 0.29) is 9.37 Å². The molecule has 18 heavy (non-hydrogen) atoms. The Hall–Kier alpha value is -0.460. The first kappa shape index (κ1) is 14.0. The fourth-order valence-electron chi connectivity index (χ4n) is 1.94. The van der Waals surface area contributed by atoms with Crippen LogP contribution in [0.5, 0.6) is 0 Å². The molecular formula is C12H15BrFNO2S. The Morgan fingerprint density at radius 2 is 2.00 bits per heavy atom. The van der Waals surface area contributed by atoms with Crippen LogP contribution in [0.25, 0.3) is 0 Å². The van der Waals surface area contributed by atoms with Crippen LogP contribution in [0.4, 0.5) is 4.39 Å². The minimum absolute atomic E-state index is 0.0445. The molecule has 1 fully saturated rings. The fraction of sp³-hybridized carbons (Fsp3) is 0.500. The Morgan fingerprint density at radius 1 is 1.39 bits per heavy atom. The average molecular weight is 336 g/mol. The maximum Gasteiger partial charge on any atom is 0.241 e. The zero-order chi connectivity index (χ0) is 13.6. The summed E-state index contributed by atoms with van der Waals surface area (Å²) in [4.78, 5) is -0.0445. The van der Waals surface area contributed by atoms with Crippen molar-refractivity contribution in [2.75, 3.05) is 0 Å². The smallest absolute Gasteiger partial charge is 0.207 e. The van der Waals surface area contributed by atoms with E-state index in [2.05, 4.69) is 20.7 Å². The van der Waals surface area contributed by atoms with Gasteiger partial charge in [0.25, 0.3) is 0 Å². The summed E-state index contributed by atoms with van der Waals surface area (Å²) in [5.41, 5.74) is -0.484. The van der Waals surface area contributed by atoms with Crippen LogP contribution in [0.3, 0.4) is 0 Å². The van der Waals surface area contributed by atoms with E-state index in [9.17, 15) is 12.8 Å². The number of hydrogen-bond acceptors (Lipinski definition) is 2. The predicted molar refractivity (Wildman–Crippen MR) is 71.2 cm³/mol. The molecule has 0 radical (unpaired) electrons. The Balaban J connectivity index is 2.27. The molecule has 0 aromatic heterocycles. The second-order valence-corrected chi connectivity index (χ2v) is 7.71. The van der Waals surface area contributed by atoms with Crippen LogP contribution in [0.15, 0.2) is 27.6 Å². The van der Waals surface area contributed by atoms with Crippen LogP contribution in [0.2, 0.25) is 0 Å². The van der Waals surface area contributed by atoms with E-state index >= 15 is 0 Å². The Morgan fingerprint density at radius 3 is 2.50 bits per heavy atom. The highest BCUT2D eigenvalue weighted by atomic mass is 79.9. The van der Waals surface area contributed by atoms with Crippen LogP contribution in [-0.4, -0.2) is 14.0 Å². The van der Waals surface area contributed by atoms with Gasteiger partial charge >= 0.3 is 0 Å². The number of halogens is 2. The third kappa shape index (κ3) is 2.92. The maximum absolute atomic E-state index is 13.4. The van der Waals surface area contributed by atoms with Crippen molar-refractivity contribution in [3.05, 3.63) is 28.5 Å². The van der Waals surface area contributed by atoms with Gasteiger partial charge < -0.3 is 0 Å². The lowest BCUT2D eigenvalue weighted by atomic mass is 10.0. The van der Waals surface area contributed by atoms with Gasteiger partial charge in [0.2, 0.25) is 10.0 Å². The molecule has 0 aliphatic heterocycles. The summed E-state index contributed by atoms with van der Waals surface area (Å²) >= 11 is 3.00.